The molecule has 0 saturated carbocycles. The molecule has 3 nitrogen and oxygen atoms in total. The molecule has 4 heteroatoms. The van der Waals surface area contributed by atoms with Crippen molar-refractivity contribution in [1.82, 2.24) is 9.38 Å². The molecule has 3 rings (SSSR count). The minimum Gasteiger partial charge on any atom is -0.397 e. The first-order chi connectivity index (χ1) is 8.65. The first-order valence-corrected chi connectivity index (χ1v) is 6.03. The molecule has 0 radical (unpaired) electrons. The summed E-state index contributed by atoms with van der Waals surface area (Å²) in [6.45, 7) is 1.98. The number of nitrogens with two attached hydrogens (primary N) is 1. The lowest BCUT2D eigenvalue weighted by atomic mass is 10.2. The molecule has 1 aromatic carbocycles. The van der Waals surface area contributed by atoms with Crippen molar-refractivity contribution in [2.75, 3.05) is 5.73 Å². The maximum absolute atomic E-state index is 5.89. The van der Waals surface area contributed by atoms with Gasteiger partial charge in [-0.1, -0.05) is 23.7 Å². The topological polar surface area (TPSA) is 43.3 Å². The normalized spacial score (nSPS) is 11.0. The van der Waals surface area contributed by atoms with Crippen LogP contribution in [-0.2, 0) is 0 Å². The highest BCUT2D eigenvalue weighted by molar-refractivity contribution is 6.30. The molecule has 2 heterocycles. The van der Waals surface area contributed by atoms with Crippen molar-refractivity contribution in [2.45, 2.75) is 6.92 Å². The molecule has 2 aromatic heterocycles. The van der Waals surface area contributed by atoms with Crippen molar-refractivity contribution in [3.8, 4) is 11.3 Å². The fourth-order valence-electron chi connectivity index (χ4n) is 1.96. The third kappa shape index (κ3) is 1.73. The van der Waals surface area contributed by atoms with E-state index in [4.69, 9.17) is 17.3 Å². The molecule has 0 fully saturated rings. The van der Waals surface area contributed by atoms with Crippen molar-refractivity contribution in [3.63, 3.8) is 0 Å². The van der Waals surface area contributed by atoms with E-state index in [1.165, 1.54) is 0 Å². The number of imidazole rings is 1. The molecule has 0 aliphatic heterocycles. The van der Waals surface area contributed by atoms with Crippen molar-refractivity contribution < 1.29 is 0 Å². The predicted octanol–water partition coefficient (Wildman–Crippen LogP) is 3.55. The fourth-order valence-corrected chi connectivity index (χ4v) is 2.09. The van der Waals surface area contributed by atoms with Crippen LogP contribution in [0.1, 0.15) is 5.69 Å². The van der Waals surface area contributed by atoms with Crippen LogP contribution < -0.4 is 5.73 Å². The second kappa shape index (κ2) is 4.03. The summed E-state index contributed by atoms with van der Waals surface area (Å²) in [6.07, 6.45) is 1.99. The highest BCUT2D eigenvalue weighted by Crippen LogP contribution is 2.23. The zero-order chi connectivity index (χ0) is 12.7. The van der Waals surface area contributed by atoms with Crippen LogP contribution in [0.25, 0.3) is 16.9 Å². The number of halogens is 1. The Bertz CT molecular complexity index is 714. The zero-order valence-corrected chi connectivity index (χ0v) is 10.6. The average molecular weight is 258 g/mol. The van der Waals surface area contributed by atoms with E-state index in [2.05, 4.69) is 4.98 Å². The number of hydrogen-bond donors (Lipinski definition) is 1. The number of nitrogen functional groups attached to an aromatic ring is 1. The van der Waals surface area contributed by atoms with Crippen LogP contribution in [0.3, 0.4) is 0 Å². The van der Waals surface area contributed by atoms with Gasteiger partial charge in [0.25, 0.3) is 0 Å². The molecule has 0 atom stereocenters. The molecule has 0 amide bonds. The Kier molecular flexibility index (Phi) is 2.49. The SMILES string of the molecule is Cc1c(N)ccc2nc(-c3ccc(Cl)cc3)cn12. The van der Waals surface area contributed by atoms with Gasteiger partial charge in [-0.2, -0.15) is 0 Å². The minimum absolute atomic E-state index is 0.725. The Morgan fingerprint density at radius 3 is 2.56 bits per heavy atom. The first-order valence-electron chi connectivity index (χ1n) is 5.65. The van der Waals surface area contributed by atoms with E-state index in [-0.39, 0.29) is 0 Å². The van der Waals surface area contributed by atoms with Gasteiger partial charge in [0.15, 0.2) is 0 Å². The lowest BCUT2D eigenvalue weighted by Gasteiger charge is -2.01. The zero-order valence-electron chi connectivity index (χ0n) is 9.89. The molecular formula is C14H12ClN3. The van der Waals surface area contributed by atoms with E-state index in [1.807, 2.05) is 53.9 Å². The maximum Gasteiger partial charge on any atom is 0.137 e. The molecule has 3 aromatic rings. The molecule has 0 aliphatic carbocycles. The van der Waals surface area contributed by atoms with Gasteiger partial charge in [-0.3, -0.25) is 0 Å². The van der Waals surface area contributed by atoms with Crippen molar-refractivity contribution in [2.24, 2.45) is 0 Å². The smallest absolute Gasteiger partial charge is 0.137 e. The van der Waals surface area contributed by atoms with Crippen LogP contribution >= 0.6 is 11.6 Å². The number of aryl methyl sites for hydroxylation is 1. The van der Waals surface area contributed by atoms with Crippen LogP contribution in [0.2, 0.25) is 5.02 Å². The van der Waals surface area contributed by atoms with E-state index < -0.39 is 0 Å². The van der Waals surface area contributed by atoms with Gasteiger partial charge in [0.05, 0.1) is 11.4 Å². The summed E-state index contributed by atoms with van der Waals surface area (Å²) >= 11 is 5.88. The molecule has 2 N–H and O–H groups in total. The average Bonchev–Trinajstić information content (AvgIpc) is 2.80. The van der Waals surface area contributed by atoms with Gasteiger partial charge in [-0.25, -0.2) is 4.98 Å². The number of rotatable bonds is 1. The van der Waals surface area contributed by atoms with Gasteiger partial charge < -0.3 is 10.1 Å². The van der Waals surface area contributed by atoms with Gasteiger partial charge in [0.1, 0.15) is 5.65 Å². The van der Waals surface area contributed by atoms with Crippen molar-refractivity contribution in [3.05, 3.63) is 53.3 Å². The van der Waals surface area contributed by atoms with Crippen LogP contribution in [0, 0.1) is 6.92 Å². The summed E-state index contributed by atoms with van der Waals surface area (Å²) in [4.78, 5) is 4.58. The summed E-state index contributed by atoms with van der Waals surface area (Å²) in [5.74, 6) is 0. The van der Waals surface area contributed by atoms with E-state index >= 15 is 0 Å². The van der Waals surface area contributed by atoms with Crippen molar-refractivity contribution >= 4 is 22.9 Å². The Morgan fingerprint density at radius 1 is 1.11 bits per heavy atom. The quantitative estimate of drug-likeness (QED) is 0.725. The van der Waals surface area contributed by atoms with E-state index in [9.17, 15) is 0 Å². The summed E-state index contributed by atoms with van der Waals surface area (Å²) in [5, 5.41) is 0.725. The highest BCUT2D eigenvalue weighted by atomic mass is 35.5. The Balaban J connectivity index is 2.19. The number of nitrogens with zero attached hydrogens (tertiary/aromatic N) is 2. The number of anilines is 1. The lowest BCUT2D eigenvalue weighted by molar-refractivity contribution is 1.10. The predicted molar refractivity (Wildman–Crippen MR) is 74.8 cm³/mol. The van der Waals surface area contributed by atoms with Crippen LogP contribution in [0.15, 0.2) is 42.6 Å². The highest BCUT2D eigenvalue weighted by Gasteiger charge is 2.07. The number of fused-ring (bicyclic) bond motifs is 1. The monoisotopic (exact) mass is 257 g/mol. The Labute approximate surface area is 110 Å². The fraction of sp³-hybridized carbons (Fsp3) is 0.0714. The standard InChI is InChI=1S/C14H12ClN3/c1-9-12(16)6-7-14-17-13(8-18(9)14)10-2-4-11(15)5-3-10/h2-8H,16H2,1H3. The van der Waals surface area contributed by atoms with E-state index in [0.29, 0.717) is 0 Å². The molecule has 0 aliphatic rings. The summed E-state index contributed by atoms with van der Waals surface area (Å²) in [6, 6.07) is 11.4. The van der Waals surface area contributed by atoms with Gasteiger partial charge in [0.2, 0.25) is 0 Å². The maximum atomic E-state index is 5.89. The molecule has 18 heavy (non-hydrogen) atoms. The summed E-state index contributed by atoms with van der Waals surface area (Å²) < 4.78 is 2.00. The van der Waals surface area contributed by atoms with Gasteiger partial charge in [-0.05, 0) is 31.2 Å². The molecule has 90 valence electrons. The lowest BCUT2D eigenvalue weighted by Crippen LogP contribution is -1.96. The summed E-state index contributed by atoms with van der Waals surface area (Å²) in [5.41, 5.74) is 10.5. The van der Waals surface area contributed by atoms with Gasteiger partial charge in [-0.15, -0.1) is 0 Å². The van der Waals surface area contributed by atoms with Gasteiger partial charge >= 0.3 is 0 Å². The van der Waals surface area contributed by atoms with Gasteiger partial charge in [0, 0.05) is 22.5 Å². The second-order valence-corrected chi connectivity index (χ2v) is 4.67. The number of benzene rings is 1. The second-order valence-electron chi connectivity index (χ2n) is 4.24. The molecule has 0 unspecified atom stereocenters. The Morgan fingerprint density at radius 2 is 1.83 bits per heavy atom. The number of hydrogen-bond acceptors (Lipinski definition) is 2. The van der Waals surface area contributed by atoms with E-state index in [1.54, 1.807) is 0 Å². The molecule has 0 spiro atoms. The first kappa shape index (κ1) is 11.1. The molecule has 0 bridgehead atoms. The minimum atomic E-state index is 0.725. The Hall–Kier alpha value is -2.00. The summed E-state index contributed by atoms with van der Waals surface area (Å²) in [7, 11) is 0. The number of pyridine rings is 1. The van der Waals surface area contributed by atoms with E-state index in [0.717, 1.165) is 33.3 Å². The third-order valence-corrected chi connectivity index (χ3v) is 3.32. The molecule has 0 saturated heterocycles. The van der Waals surface area contributed by atoms with Crippen LogP contribution in [0.5, 0.6) is 0 Å². The van der Waals surface area contributed by atoms with Crippen molar-refractivity contribution in [1.29, 1.82) is 0 Å². The molecular weight excluding hydrogens is 246 g/mol. The number of aromatic nitrogens is 2. The van der Waals surface area contributed by atoms with Crippen LogP contribution in [-0.4, -0.2) is 9.38 Å². The van der Waals surface area contributed by atoms with Crippen LogP contribution in [0.4, 0.5) is 5.69 Å². The third-order valence-electron chi connectivity index (χ3n) is 3.06. The largest absolute Gasteiger partial charge is 0.397 e.